The fourth-order valence-electron chi connectivity index (χ4n) is 2.08. The van der Waals surface area contributed by atoms with Crippen LogP contribution in [0.1, 0.15) is 24.8 Å². The summed E-state index contributed by atoms with van der Waals surface area (Å²) >= 11 is 5.90. The summed E-state index contributed by atoms with van der Waals surface area (Å²) in [5.74, 6) is 0. The second-order valence-corrected chi connectivity index (χ2v) is 4.98. The van der Waals surface area contributed by atoms with Crippen molar-refractivity contribution in [3.8, 4) is 0 Å². The maximum absolute atomic E-state index is 12.5. The summed E-state index contributed by atoms with van der Waals surface area (Å²) in [5, 5.41) is 3.29. The Balaban J connectivity index is 2.08. The number of hydrogen-bond acceptors (Lipinski definition) is 2. The van der Waals surface area contributed by atoms with Gasteiger partial charge in [-0.1, -0.05) is 11.6 Å². The van der Waals surface area contributed by atoms with E-state index in [1.54, 1.807) is 0 Å². The summed E-state index contributed by atoms with van der Waals surface area (Å²) in [6.45, 7) is 1.40. The van der Waals surface area contributed by atoms with Crippen molar-refractivity contribution in [2.45, 2.75) is 31.5 Å². The van der Waals surface area contributed by atoms with Crippen LogP contribution in [-0.4, -0.2) is 19.3 Å². The molecule has 1 atom stereocenters. The molecule has 0 radical (unpaired) electrons. The number of hydrogen-bond donors (Lipinski definition) is 1. The second kappa shape index (κ2) is 6.01. The van der Waals surface area contributed by atoms with Gasteiger partial charge in [0.1, 0.15) is 0 Å². The van der Waals surface area contributed by atoms with Crippen LogP contribution < -0.4 is 5.32 Å². The number of rotatable bonds is 2. The van der Waals surface area contributed by atoms with Gasteiger partial charge in [-0.05, 0) is 37.5 Å². The highest BCUT2D eigenvalue weighted by Crippen LogP contribution is 2.34. The topological polar surface area (TPSA) is 21.3 Å². The number of alkyl halides is 3. The molecule has 0 aliphatic carbocycles. The average molecular weight is 294 g/mol. The lowest BCUT2D eigenvalue weighted by molar-refractivity contribution is -0.137. The van der Waals surface area contributed by atoms with E-state index in [0.29, 0.717) is 12.3 Å². The van der Waals surface area contributed by atoms with Gasteiger partial charge >= 0.3 is 6.18 Å². The SMILES string of the molecule is FC(F)(F)c1ccc(NC2CCCOCC2)c(Cl)c1. The van der Waals surface area contributed by atoms with Crippen LogP contribution >= 0.6 is 11.6 Å². The predicted octanol–water partition coefficient (Wildman–Crippen LogP) is 4.34. The van der Waals surface area contributed by atoms with E-state index in [0.717, 1.165) is 38.0 Å². The van der Waals surface area contributed by atoms with E-state index in [1.165, 1.54) is 6.07 Å². The summed E-state index contributed by atoms with van der Waals surface area (Å²) < 4.78 is 42.9. The average Bonchev–Trinajstić information content (AvgIpc) is 2.59. The molecule has 1 fully saturated rings. The minimum atomic E-state index is -4.36. The molecule has 106 valence electrons. The van der Waals surface area contributed by atoms with Gasteiger partial charge in [0.05, 0.1) is 16.3 Å². The number of ether oxygens (including phenoxy) is 1. The van der Waals surface area contributed by atoms with E-state index in [-0.39, 0.29) is 11.1 Å². The molecule has 1 heterocycles. The predicted molar refractivity (Wildman–Crippen MR) is 68.5 cm³/mol. The van der Waals surface area contributed by atoms with Crippen molar-refractivity contribution in [1.82, 2.24) is 0 Å². The van der Waals surface area contributed by atoms with Crippen molar-refractivity contribution in [2.75, 3.05) is 18.5 Å². The zero-order chi connectivity index (χ0) is 13.9. The highest BCUT2D eigenvalue weighted by Gasteiger charge is 2.31. The Kier molecular flexibility index (Phi) is 4.58. The second-order valence-electron chi connectivity index (χ2n) is 4.58. The first-order valence-corrected chi connectivity index (χ1v) is 6.55. The molecule has 0 bridgehead atoms. The Bertz CT molecular complexity index is 428. The zero-order valence-corrected chi connectivity index (χ0v) is 11.0. The third-order valence-electron chi connectivity index (χ3n) is 3.11. The van der Waals surface area contributed by atoms with Crippen molar-refractivity contribution in [1.29, 1.82) is 0 Å². The Morgan fingerprint density at radius 3 is 2.68 bits per heavy atom. The van der Waals surface area contributed by atoms with E-state index < -0.39 is 11.7 Å². The Morgan fingerprint density at radius 2 is 2.00 bits per heavy atom. The quantitative estimate of drug-likeness (QED) is 0.876. The lowest BCUT2D eigenvalue weighted by Crippen LogP contribution is -2.20. The minimum absolute atomic E-state index is 0.0972. The zero-order valence-electron chi connectivity index (χ0n) is 10.3. The lowest BCUT2D eigenvalue weighted by atomic mass is 10.1. The standard InChI is InChI=1S/C13H15ClF3NO/c14-11-8-9(13(15,16)17)3-4-12(11)18-10-2-1-6-19-7-5-10/h3-4,8,10,18H,1-2,5-7H2. The van der Waals surface area contributed by atoms with Gasteiger partial charge in [0.25, 0.3) is 0 Å². The Morgan fingerprint density at radius 1 is 1.21 bits per heavy atom. The number of halogens is 4. The van der Waals surface area contributed by atoms with Crippen LogP contribution in [0.2, 0.25) is 5.02 Å². The Hall–Kier alpha value is -0.940. The number of benzene rings is 1. The van der Waals surface area contributed by atoms with Gasteiger partial charge in [-0.2, -0.15) is 13.2 Å². The van der Waals surface area contributed by atoms with Crippen LogP contribution in [-0.2, 0) is 10.9 Å². The molecule has 1 N–H and O–H groups in total. The molecule has 0 saturated carbocycles. The van der Waals surface area contributed by atoms with Crippen LogP contribution in [0.25, 0.3) is 0 Å². The van der Waals surface area contributed by atoms with Gasteiger partial charge in [0, 0.05) is 19.3 Å². The molecular weight excluding hydrogens is 279 g/mol. The fraction of sp³-hybridized carbons (Fsp3) is 0.538. The third-order valence-corrected chi connectivity index (χ3v) is 3.42. The first-order chi connectivity index (χ1) is 8.97. The summed E-state index contributed by atoms with van der Waals surface area (Å²) in [6.07, 6.45) is -1.66. The molecule has 2 nitrogen and oxygen atoms in total. The molecule has 6 heteroatoms. The summed E-state index contributed by atoms with van der Waals surface area (Å²) in [5.41, 5.74) is -0.186. The molecule has 0 spiro atoms. The third kappa shape index (κ3) is 4.01. The van der Waals surface area contributed by atoms with E-state index in [1.807, 2.05) is 0 Å². The molecule has 2 rings (SSSR count). The molecule has 1 aliphatic heterocycles. The summed E-state index contributed by atoms with van der Waals surface area (Å²) in [6, 6.07) is 3.58. The van der Waals surface area contributed by atoms with Crippen LogP contribution in [0.3, 0.4) is 0 Å². The van der Waals surface area contributed by atoms with E-state index in [4.69, 9.17) is 16.3 Å². The highest BCUT2D eigenvalue weighted by molar-refractivity contribution is 6.33. The molecule has 0 amide bonds. The fourth-order valence-corrected chi connectivity index (χ4v) is 2.31. The molecule has 1 aliphatic rings. The van der Waals surface area contributed by atoms with Gasteiger partial charge in [-0.15, -0.1) is 0 Å². The smallest absolute Gasteiger partial charge is 0.381 e. The lowest BCUT2D eigenvalue weighted by Gasteiger charge is -2.18. The van der Waals surface area contributed by atoms with Crippen LogP contribution in [0.5, 0.6) is 0 Å². The molecule has 1 unspecified atom stereocenters. The molecule has 0 aromatic heterocycles. The molecule has 1 saturated heterocycles. The monoisotopic (exact) mass is 293 g/mol. The molecule has 19 heavy (non-hydrogen) atoms. The first kappa shape index (κ1) is 14.5. The first-order valence-electron chi connectivity index (χ1n) is 6.18. The highest BCUT2D eigenvalue weighted by atomic mass is 35.5. The Labute approximate surface area is 114 Å². The van der Waals surface area contributed by atoms with Crippen LogP contribution in [0.4, 0.5) is 18.9 Å². The van der Waals surface area contributed by atoms with Crippen LogP contribution in [0.15, 0.2) is 18.2 Å². The van der Waals surface area contributed by atoms with Crippen molar-refractivity contribution < 1.29 is 17.9 Å². The summed E-state index contributed by atoms with van der Waals surface area (Å²) in [4.78, 5) is 0. The maximum atomic E-state index is 12.5. The van der Waals surface area contributed by atoms with Gasteiger partial charge in [-0.3, -0.25) is 0 Å². The van der Waals surface area contributed by atoms with Gasteiger partial charge in [-0.25, -0.2) is 0 Å². The number of nitrogens with one attached hydrogen (secondary N) is 1. The van der Waals surface area contributed by atoms with Crippen molar-refractivity contribution in [2.24, 2.45) is 0 Å². The van der Waals surface area contributed by atoms with Gasteiger partial charge in [0.15, 0.2) is 0 Å². The van der Waals surface area contributed by atoms with E-state index in [9.17, 15) is 13.2 Å². The molecule has 1 aromatic carbocycles. The maximum Gasteiger partial charge on any atom is 0.416 e. The normalized spacial score (nSPS) is 20.9. The van der Waals surface area contributed by atoms with E-state index in [2.05, 4.69) is 5.32 Å². The largest absolute Gasteiger partial charge is 0.416 e. The number of anilines is 1. The van der Waals surface area contributed by atoms with Crippen molar-refractivity contribution in [3.63, 3.8) is 0 Å². The van der Waals surface area contributed by atoms with Crippen molar-refractivity contribution in [3.05, 3.63) is 28.8 Å². The van der Waals surface area contributed by atoms with Gasteiger partial charge in [0.2, 0.25) is 0 Å². The molecule has 1 aromatic rings. The van der Waals surface area contributed by atoms with Gasteiger partial charge < -0.3 is 10.1 Å². The van der Waals surface area contributed by atoms with Crippen molar-refractivity contribution >= 4 is 17.3 Å². The molecular formula is C13H15ClF3NO. The summed E-state index contributed by atoms with van der Waals surface area (Å²) in [7, 11) is 0. The van der Waals surface area contributed by atoms with E-state index >= 15 is 0 Å². The van der Waals surface area contributed by atoms with Crippen LogP contribution in [0, 0.1) is 0 Å². The minimum Gasteiger partial charge on any atom is -0.381 e.